The number of nitrogen functional groups attached to an aromatic ring is 1. The van der Waals surface area contributed by atoms with E-state index in [1.54, 1.807) is 77.2 Å². The van der Waals surface area contributed by atoms with Crippen molar-refractivity contribution in [3.8, 4) is 17.1 Å². The van der Waals surface area contributed by atoms with Crippen LogP contribution in [0.15, 0.2) is 197 Å². The molecule has 104 heavy (non-hydrogen) atoms. The van der Waals surface area contributed by atoms with Crippen molar-refractivity contribution in [3.63, 3.8) is 0 Å². The molecule has 9 N–H and O–H groups in total. The smallest absolute Gasteiger partial charge is 0.269 e. The van der Waals surface area contributed by atoms with Crippen LogP contribution in [0.25, 0.3) is 72.1 Å². The molecule has 0 bridgehead atoms. The van der Waals surface area contributed by atoms with Gasteiger partial charge >= 0.3 is 0 Å². The van der Waals surface area contributed by atoms with Gasteiger partial charge in [0.2, 0.25) is 0 Å². The minimum absolute atomic E-state index is 0.0651. The Morgan fingerprint density at radius 3 is 1.56 bits per heavy atom. The summed E-state index contributed by atoms with van der Waals surface area (Å²) in [6, 6.07) is 48.0. The van der Waals surface area contributed by atoms with Gasteiger partial charge in [-0.25, -0.2) is 53.6 Å². The Balaban J connectivity index is 0.000000135. The average Bonchev–Trinajstić information content (AvgIpc) is 1.08. The SMILES string of the molecule is Cc1ccccc1-n1c(C(C)N)nc2cccc(C)c2c1=O.Cc1nc(Cl)c2[nH]cnc2n1.Cc1nc(NC(C)c2nc3cccc(C)c3c(=O)n2-c2ccccc2C)c2[nH]cnc2n1.Nc1cccc(F)c1C(=O)Nc1ccccc1Cl.O=c1c2c(F)cccc2nc(CO)n1-c1ccccc1Cl. The van der Waals surface area contributed by atoms with Gasteiger partial charge in [-0.15, -0.1) is 0 Å². The van der Waals surface area contributed by atoms with E-state index in [2.05, 4.69) is 60.5 Å². The third-order valence-electron chi connectivity index (χ3n) is 16.4. The fraction of sp³-hybridized carbons (Fsp3) is 0.145. The van der Waals surface area contributed by atoms with E-state index in [1.165, 1.54) is 36.4 Å². The molecule has 1 amide bonds. The van der Waals surface area contributed by atoms with Crippen LogP contribution in [0, 0.1) is 53.2 Å². The van der Waals surface area contributed by atoms with Crippen LogP contribution in [0.1, 0.15) is 87.7 Å². The minimum atomic E-state index is -0.667. The molecule has 0 aliphatic rings. The number of halogens is 5. The summed E-state index contributed by atoms with van der Waals surface area (Å²) in [5.74, 6) is 1.20. The molecule has 0 saturated heterocycles. The van der Waals surface area contributed by atoms with Crippen molar-refractivity contribution in [1.29, 1.82) is 0 Å². The molecule has 0 saturated carbocycles. The predicted molar refractivity (Wildman–Crippen MR) is 405 cm³/mol. The first kappa shape index (κ1) is 73.2. The fourth-order valence-electron chi connectivity index (χ4n) is 11.5. The van der Waals surface area contributed by atoms with Crippen LogP contribution in [0.3, 0.4) is 0 Å². The number of benzene rings is 8. The molecular weight excluding hydrogens is 1390 g/mol. The van der Waals surface area contributed by atoms with E-state index in [4.69, 9.17) is 51.3 Å². The molecule has 0 spiro atoms. The molecule has 0 aliphatic carbocycles. The molecule has 28 heteroatoms. The predicted octanol–water partition coefficient (Wildman–Crippen LogP) is 14.5. The highest BCUT2D eigenvalue weighted by molar-refractivity contribution is 6.34. The van der Waals surface area contributed by atoms with Crippen LogP contribution in [-0.2, 0) is 6.61 Å². The Kier molecular flexibility index (Phi) is 22.5. The first-order chi connectivity index (χ1) is 49.9. The summed E-state index contributed by atoms with van der Waals surface area (Å²) in [7, 11) is 0. The van der Waals surface area contributed by atoms with Crippen molar-refractivity contribution in [2.45, 2.75) is 74.1 Å². The highest BCUT2D eigenvalue weighted by Crippen LogP contribution is 2.29. The van der Waals surface area contributed by atoms with Crippen LogP contribution in [0.5, 0.6) is 0 Å². The minimum Gasteiger partial charge on any atom is -0.398 e. The van der Waals surface area contributed by atoms with Crippen molar-refractivity contribution in [2.24, 2.45) is 5.73 Å². The van der Waals surface area contributed by atoms with Crippen LogP contribution in [0.2, 0.25) is 15.2 Å². The lowest BCUT2D eigenvalue weighted by Gasteiger charge is -2.21. The number of aliphatic hydroxyl groups excluding tert-OH is 1. The van der Waals surface area contributed by atoms with E-state index < -0.39 is 29.7 Å². The number of aliphatic hydroxyl groups is 1. The van der Waals surface area contributed by atoms with E-state index in [1.807, 2.05) is 133 Å². The number of aromatic amines is 2. The van der Waals surface area contributed by atoms with Gasteiger partial charge in [-0.3, -0.25) is 32.9 Å². The topological polar surface area (TPSA) is 327 Å². The average molecular weight is 1460 g/mol. The van der Waals surface area contributed by atoms with Gasteiger partial charge in [-0.1, -0.05) is 132 Å². The first-order valence-electron chi connectivity index (χ1n) is 32.3. The lowest BCUT2D eigenvalue weighted by atomic mass is 10.1. The number of nitrogens with zero attached hydrogens (tertiary/aromatic N) is 12. The van der Waals surface area contributed by atoms with Gasteiger partial charge < -0.3 is 37.2 Å². The number of aromatic nitrogens is 14. The molecule has 23 nitrogen and oxygen atoms in total. The zero-order chi connectivity index (χ0) is 74.2. The maximum Gasteiger partial charge on any atom is 0.269 e. The molecular formula is C76H67Cl3F2N18O5. The summed E-state index contributed by atoms with van der Waals surface area (Å²) >= 11 is 17.8. The molecule has 2 unspecified atom stereocenters. The Morgan fingerprint density at radius 1 is 0.519 bits per heavy atom. The van der Waals surface area contributed by atoms with Gasteiger partial charge in [0.1, 0.15) is 63.8 Å². The van der Waals surface area contributed by atoms with Crippen molar-refractivity contribution >= 4 is 113 Å². The molecule has 2 atom stereocenters. The van der Waals surface area contributed by atoms with E-state index in [-0.39, 0.29) is 51.2 Å². The maximum absolute atomic E-state index is 13.9. The molecule has 8 aromatic carbocycles. The number of para-hydroxylation sites is 4. The van der Waals surface area contributed by atoms with Gasteiger partial charge in [0.25, 0.3) is 22.6 Å². The summed E-state index contributed by atoms with van der Waals surface area (Å²) in [4.78, 5) is 96.1. The number of rotatable bonds is 10. The first-order valence-corrected chi connectivity index (χ1v) is 33.4. The number of carbonyl (C=O) groups is 1. The molecule has 0 radical (unpaired) electrons. The number of nitrogens with one attached hydrogen (secondary N) is 4. The number of nitrogens with two attached hydrogens (primary N) is 2. The van der Waals surface area contributed by atoms with Gasteiger partial charge in [-0.05, 0) is 150 Å². The summed E-state index contributed by atoms with van der Waals surface area (Å²) in [6.07, 6.45) is 3.14. The van der Waals surface area contributed by atoms with Gasteiger partial charge in [-0.2, -0.15) is 0 Å². The second kappa shape index (κ2) is 31.9. The van der Waals surface area contributed by atoms with Gasteiger partial charge in [0.15, 0.2) is 22.3 Å². The Morgan fingerprint density at radius 2 is 0.990 bits per heavy atom. The lowest BCUT2D eigenvalue weighted by molar-refractivity contribution is 0.102. The molecule has 7 heterocycles. The number of anilines is 3. The third kappa shape index (κ3) is 15.6. The zero-order valence-corrected chi connectivity index (χ0v) is 59.4. The molecule has 526 valence electrons. The van der Waals surface area contributed by atoms with Crippen LogP contribution < -0.4 is 38.8 Å². The standard InChI is InChI=1S/C24H23N7O.C18H19N3O.C15H10ClFN2O2.C13H10ClFN2O.C6H5ClN4/c1-13-8-5-6-11-18(13)31-23(30-17-10-7-9-14(2)19(17)24(31)32)15(3)27-22-20-21(26-12-25-20)28-16(4)29-22;1-11-7-4-5-10-15(11)21-17(13(3)19)20-14-9-6-8-12(2)16(14)18(21)22;16-9-4-1-2-7-12(9)19-13(8-20)18-11-6-3-5-10(17)14(11)15(19)21;14-8-4-1-2-7-11(8)17-13(18)12-9(15)5-3-6-10(12)16;1-3-10-5(7)4-6(11-3)9-2-8-4/h5-12,15H,1-4H3,(H2,25,26,27,28,29);4-10,13H,19H2,1-3H3;1-7,20H,8H2;1-7H,16H2,(H,17,18);2H,1H3,(H,8,9,10,11). The summed E-state index contributed by atoms with van der Waals surface area (Å²) in [5.41, 5.74) is 21.2. The highest BCUT2D eigenvalue weighted by atomic mass is 35.5. The third-order valence-corrected chi connectivity index (χ3v) is 17.3. The molecule has 15 aromatic rings. The lowest BCUT2D eigenvalue weighted by Crippen LogP contribution is -2.28. The Hall–Kier alpha value is -12.0. The summed E-state index contributed by atoms with van der Waals surface area (Å²) < 4.78 is 32.0. The maximum atomic E-state index is 13.9. The van der Waals surface area contributed by atoms with E-state index >= 15 is 0 Å². The van der Waals surface area contributed by atoms with Crippen LogP contribution in [-0.4, -0.2) is 79.5 Å². The van der Waals surface area contributed by atoms with Crippen molar-refractivity contribution < 1.29 is 18.7 Å². The number of aryl methyl sites for hydroxylation is 6. The molecule has 15 rings (SSSR count). The second-order valence-electron chi connectivity index (χ2n) is 23.8. The number of fused-ring (bicyclic) bond motifs is 5. The van der Waals surface area contributed by atoms with Gasteiger partial charge in [0, 0.05) is 5.69 Å². The monoisotopic (exact) mass is 1450 g/mol. The summed E-state index contributed by atoms with van der Waals surface area (Å²) in [6.45, 7) is 14.8. The van der Waals surface area contributed by atoms with Crippen molar-refractivity contribution in [3.05, 3.63) is 297 Å². The Labute approximate surface area is 607 Å². The van der Waals surface area contributed by atoms with E-state index in [9.17, 15) is 33.1 Å². The second-order valence-corrected chi connectivity index (χ2v) is 25.0. The quantitative estimate of drug-likeness (QED) is 0.0494. The number of H-pyrrole nitrogens is 2. The Bertz CT molecular complexity index is 5920. The number of imidazole rings is 2. The van der Waals surface area contributed by atoms with Crippen molar-refractivity contribution in [1.82, 2.24) is 68.5 Å². The normalized spacial score (nSPS) is 11.6. The highest BCUT2D eigenvalue weighted by Gasteiger charge is 2.24. The van der Waals surface area contributed by atoms with Crippen LogP contribution >= 0.6 is 34.8 Å². The number of hydrogen-bond donors (Lipinski definition) is 7. The van der Waals surface area contributed by atoms with Crippen LogP contribution in [0.4, 0.5) is 26.0 Å². The van der Waals surface area contributed by atoms with Crippen molar-refractivity contribution in [2.75, 3.05) is 16.4 Å². The largest absolute Gasteiger partial charge is 0.398 e. The molecule has 7 aromatic heterocycles. The number of hydrogen-bond acceptors (Lipinski definition) is 17. The summed E-state index contributed by atoms with van der Waals surface area (Å²) in [5, 5.41) is 17.7. The fourth-order valence-corrected chi connectivity index (χ4v) is 12.1. The molecule has 0 aliphatic heterocycles. The zero-order valence-electron chi connectivity index (χ0n) is 57.2. The van der Waals surface area contributed by atoms with E-state index in [0.717, 1.165) is 38.2 Å². The number of carbonyl (C=O) groups excluding carboxylic acids is 1. The van der Waals surface area contributed by atoms with Gasteiger partial charge in [0.05, 0.1) is 90.4 Å². The van der Waals surface area contributed by atoms with E-state index in [0.29, 0.717) is 99.8 Å². The number of amides is 1. The molecule has 0 fully saturated rings.